The zero-order valence-corrected chi connectivity index (χ0v) is 15.7. The lowest BCUT2D eigenvalue weighted by atomic mass is 9.93. The smallest absolute Gasteiger partial charge is 0.295 e. The molecule has 1 unspecified atom stereocenters. The lowest BCUT2D eigenvalue weighted by Gasteiger charge is -2.25. The van der Waals surface area contributed by atoms with Crippen LogP contribution in [0.3, 0.4) is 0 Å². The van der Waals surface area contributed by atoms with Crippen molar-refractivity contribution in [3.05, 3.63) is 87.3 Å². The van der Waals surface area contributed by atoms with Crippen LogP contribution in [-0.4, -0.2) is 16.2 Å². The molecule has 0 aliphatic carbocycles. The number of carbonyl (C=O) groups excluding carboxylic acids is 1. The van der Waals surface area contributed by atoms with Gasteiger partial charge in [-0.15, -0.1) is 0 Å². The number of amides is 1. The van der Waals surface area contributed by atoms with Gasteiger partial charge in [-0.25, -0.2) is 0 Å². The monoisotopic (exact) mass is 400 g/mol. The number of nitrogens with zero attached hydrogens (tertiary/aromatic N) is 2. The Morgan fingerprint density at radius 3 is 2.19 bits per heavy atom. The highest BCUT2D eigenvalue weighted by Crippen LogP contribution is 2.45. The number of halogens is 2. The maximum atomic E-state index is 12.9. The van der Waals surface area contributed by atoms with Gasteiger partial charge < -0.3 is 9.63 Å². The normalized spacial score (nSPS) is 17.1. The summed E-state index contributed by atoms with van der Waals surface area (Å²) in [5.41, 5.74) is 1.94. The fraction of sp³-hybridized carbons (Fsp3) is 0.100. The van der Waals surface area contributed by atoms with Gasteiger partial charge in [0, 0.05) is 21.7 Å². The number of aryl methyl sites for hydroxylation is 1. The molecule has 1 N–H and O–H groups in total. The van der Waals surface area contributed by atoms with Crippen molar-refractivity contribution in [2.24, 2.45) is 0 Å². The van der Waals surface area contributed by atoms with Crippen molar-refractivity contribution in [1.29, 1.82) is 0 Å². The Morgan fingerprint density at radius 2 is 1.63 bits per heavy atom. The first-order valence-corrected chi connectivity index (χ1v) is 8.92. The second-order valence-corrected chi connectivity index (χ2v) is 7.07. The van der Waals surface area contributed by atoms with E-state index in [1.165, 1.54) is 4.90 Å². The molecular weight excluding hydrogens is 387 g/mol. The summed E-state index contributed by atoms with van der Waals surface area (Å²) in [6, 6.07) is 15.1. The summed E-state index contributed by atoms with van der Waals surface area (Å²) in [6.07, 6.45) is 0. The summed E-state index contributed by atoms with van der Waals surface area (Å²) >= 11 is 12.0. The van der Waals surface area contributed by atoms with Crippen LogP contribution in [0.5, 0.6) is 0 Å². The highest BCUT2D eigenvalue weighted by molar-refractivity contribution is 6.31. The van der Waals surface area contributed by atoms with Gasteiger partial charge in [0.1, 0.15) is 5.76 Å². The fourth-order valence-corrected chi connectivity index (χ4v) is 3.45. The Morgan fingerprint density at radius 1 is 1.04 bits per heavy atom. The number of hydrogen-bond donors (Lipinski definition) is 1. The Kier molecular flexibility index (Phi) is 4.42. The summed E-state index contributed by atoms with van der Waals surface area (Å²) < 4.78 is 5.14. The van der Waals surface area contributed by atoms with E-state index >= 15 is 0 Å². The van der Waals surface area contributed by atoms with Crippen molar-refractivity contribution < 1.29 is 14.4 Å². The Bertz CT molecular complexity index is 1040. The molecule has 27 heavy (non-hydrogen) atoms. The van der Waals surface area contributed by atoms with Crippen LogP contribution in [0, 0.1) is 6.92 Å². The third kappa shape index (κ3) is 3.09. The molecule has 136 valence electrons. The van der Waals surface area contributed by atoms with Crippen LogP contribution in [0.2, 0.25) is 10.0 Å². The van der Waals surface area contributed by atoms with Crippen LogP contribution in [0.1, 0.15) is 22.9 Å². The zero-order chi connectivity index (χ0) is 19.1. The van der Waals surface area contributed by atoms with E-state index in [0.29, 0.717) is 32.8 Å². The van der Waals surface area contributed by atoms with Gasteiger partial charge in [0.05, 0.1) is 6.04 Å². The van der Waals surface area contributed by atoms with Crippen LogP contribution < -0.4 is 4.90 Å². The first-order valence-electron chi connectivity index (χ1n) is 8.17. The molecule has 0 saturated carbocycles. The molecule has 7 heteroatoms. The molecule has 4 rings (SSSR count). The SMILES string of the molecule is Cc1cc(N2C(=O)C(O)=C(c3ccc(Cl)cc3)C2c2ccc(Cl)cc2)no1. The van der Waals surface area contributed by atoms with E-state index in [9.17, 15) is 9.90 Å². The number of carbonyl (C=O) groups is 1. The van der Waals surface area contributed by atoms with Crippen molar-refractivity contribution >= 4 is 40.5 Å². The molecule has 3 aromatic rings. The van der Waals surface area contributed by atoms with Gasteiger partial charge in [-0.1, -0.05) is 52.6 Å². The van der Waals surface area contributed by atoms with E-state index in [2.05, 4.69) is 5.16 Å². The molecular formula is C20H14Cl2N2O3. The molecule has 1 amide bonds. The topological polar surface area (TPSA) is 66.6 Å². The average Bonchev–Trinajstić information content (AvgIpc) is 3.18. The van der Waals surface area contributed by atoms with Crippen molar-refractivity contribution in [2.45, 2.75) is 13.0 Å². The molecule has 0 saturated heterocycles. The van der Waals surface area contributed by atoms with Crippen LogP contribution in [0.25, 0.3) is 5.57 Å². The summed E-state index contributed by atoms with van der Waals surface area (Å²) in [5, 5.41) is 15.8. The maximum absolute atomic E-state index is 12.9. The van der Waals surface area contributed by atoms with Gasteiger partial charge in [-0.05, 0) is 42.3 Å². The molecule has 0 bridgehead atoms. The second-order valence-electron chi connectivity index (χ2n) is 6.19. The van der Waals surface area contributed by atoms with Crippen molar-refractivity contribution in [1.82, 2.24) is 5.16 Å². The highest BCUT2D eigenvalue weighted by Gasteiger charge is 2.43. The van der Waals surface area contributed by atoms with Gasteiger partial charge in [0.15, 0.2) is 11.6 Å². The minimum Gasteiger partial charge on any atom is -0.503 e. The molecule has 5 nitrogen and oxygen atoms in total. The standard InChI is InChI=1S/C20H14Cl2N2O3/c1-11-10-16(23-27-11)24-18(13-4-8-15(22)9-5-13)17(19(25)20(24)26)12-2-6-14(21)7-3-12/h2-10,18,25H,1H3. The third-order valence-electron chi connectivity index (χ3n) is 4.41. The first kappa shape index (κ1) is 17.6. The van der Waals surface area contributed by atoms with Crippen LogP contribution in [0.4, 0.5) is 5.82 Å². The van der Waals surface area contributed by atoms with Crippen molar-refractivity contribution in [3.8, 4) is 0 Å². The van der Waals surface area contributed by atoms with Gasteiger partial charge >= 0.3 is 0 Å². The van der Waals surface area contributed by atoms with Crippen LogP contribution in [-0.2, 0) is 4.79 Å². The third-order valence-corrected chi connectivity index (χ3v) is 4.92. The fourth-order valence-electron chi connectivity index (χ4n) is 3.19. The quantitative estimate of drug-likeness (QED) is 0.643. The molecule has 2 aromatic carbocycles. The molecule has 1 aliphatic heterocycles. The summed E-state index contributed by atoms with van der Waals surface area (Å²) in [4.78, 5) is 14.3. The Labute approximate surface area is 165 Å². The van der Waals surface area contributed by atoms with E-state index in [4.69, 9.17) is 27.7 Å². The molecule has 0 spiro atoms. The van der Waals surface area contributed by atoms with Gasteiger partial charge in [-0.3, -0.25) is 9.69 Å². The average molecular weight is 401 g/mol. The van der Waals surface area contributed by atoms with E-state index < -0.39 is 11.9 Å². The zero-order valence-electron chi connectivity index (χ0n) is 14.2. The number of aromatic nitrogens is 1. The number of anilines is 1. The second kappa shape index (κ2) is 6.76. The highest BCUT2D eigenvalue weighted by atomic mass is 35.5. The number of aliphatic hydroxyl groups excluding tert-OH is 1. The minimum absolute atomic E-state index is 0.327. The summed E-state index contributed by atoms with van der Waals surface area (Å²) in [7, 11) is 0. The van der Waals surface area contributed by atoms with Crippen molar-refractivity contribution in [3.63, 3.8) is 0 Å². The lowest BCUT2D eigenvalue weighted by molar-refractivity contribution is -0.117. The number of benzene rings is 2. The molecule has 2 heterocycles. The van der Waals surface area contributed by atoms with Gasteiger partial charge in [0.2, 0.25) is 0 Å². The van der Waals surface area contributed by atoms with E-state index in [1.807, 2.05) is 12.1 Å². The molecule has 0 fully saturated rings. The van der Waals surface area contributed by atoms with Gasteiger partial charge in [-0.2, -0.15) is 0 Å². The number of rotatable bonds is 3. The largest absolute Gasteiger partial charge is 0.503 e. The first-order chi connectivity index (χ1) is 13.0. The summed E-state index contributed by atoms with van der Waals surface area (Å²) in [6.45, 7) is 1.74. The van der Waals surface area contributed by atoms with E-state index in [0.717, 1.165) is 5.56 Å². The lowest BCUT2D eigenvalue weighted by Crippen LogP contribution is -2.30. The predicted molar refractivity (Wildman–Crippen MR) is 104 cm³/mol. The van der Waals surface area contributed by atoms with Gasteiger partial charge in [0.25, 0.3) is 5.91 Å². The Balaban J connectivity index is 1.90. The molecule has 1 aromatic heterocycles. The van der Waals surface area contributed by atoms with Crippen LogP contribution >= 0.6 is 23.2 Å². The molecule has 1 aliphatic rings. The van der Waals surface area contributed by atoms with Crippen molar-refractivity contribution in [2.75, 3.05) is 4.90 Å². The molecule has 1 atom stereocenters. The summed E-state index contributed by atoms with van der Waals surface area (Å²) in [5.74, 6) is 0.00572. The van der Waals surface area contributed by atoms with E-state index in [-0.39, 0.29) is 5.76 Å². The number of hydrogen-bond acceptors (Lipinski definition) is 4. The number of aliphatic hydroxyl groups is 1. The Hall–Kier alpha value is -2.76. The predicted octanol–water partition coefficient (Wildman–Crippen LogP) is 5.35. The maximum Gasteiger partial charge on any atom is 0.295 e. The van der Waals surface area contributed by atoms with Crippen LogP contribution in [0.15, 0.2) is 64.9 Å². The molecule has 0 radical (unpaired) electrons. The minimum atomic E-state index is -0.583. The van der Waals surface area contributed by atoms with E-state index in [1.54, 1.807) is 49.4 Å².